The van der Waals surface area contributed by atoms with Crippen molar-refractivity contribution >= 4 is 34.6 Å². The summed E-state index contributed by atoms with van der Waals surface area (Å²) in [6.45, 7) is 11.0. The van der Waals surface area contributed by atoms with Crippen molar-refractivity contribution in [2.45, 2.75) is 59.3 Å². The van der Waals surface area contributed by atoms with Crippen LogP contribution in [0.5, 0.6) is 0 Å². The average Bonchev–Trinajstić information content (AvgIpc) is 2.91. The highest BCUT2D eigenvalue weighted by molar-refractivity contribution is 6.08. The average molecular weight is 583 g/mol. The van der Waals surface area contributed by atoms with Crippen molar-refractivity contribution in [2.75, 3.05) is 18.5 Å². The number of amides is 2. The Labute approximate surface area is 252 Å². The van der Waals surface area contributed by atoms with Gasteiger partial charge in [-0.2, -0.15) is 4.90 Å². The van der Waals surface area contributed by atoms with Gasteiger partial charge in [0.2, 0.25) is 0 Å². The van der Waals surface area contributed by atoms with Crippen LogP contribution in [0.3, 0.4) is 0 Å². The van der Waals surface area contributed by atoms with Gasteiger partial charge >= 0.3 is 12.2 Å². The molecule has 9 nitrogen and oxygen atoms in total. The molecule has 0 atom stereocenters. The van der Waals surface area contributed by atoms with Crippen LogP contribution in [0.4, 0.5) is 15.4 Å². The summed E-state index contributed by atoms with van der Waals surface area (Å²) in [7, 11) is 1.90. The first-order valence-corrected chi connectivity index (χ1v) is 14.1. The van der Waals surface area contributed by atoms with Crippen molar-refractivity contribution in [3.05, 3.63) is 90.0 Å². The third-order valence-corrected chi connectivity index (χ3v) is 6.19. The van der Waals surface area contributed by atoms with E-state index in [2.05, 4.69) is 10.2 Å². The van der Waals surface area contributed by atoms with Crippen LogP contribution in [0.2, 0.25) is 0 Å². The van der Waals surface area contributed by atoms with E-state index in [1.807, 2.05) is 78.7 Å². The molecule has 0 fully saturated rings. The predicted molar refractivity (Wildman–Crippen MR) is 167 cm³/mol. The third kappa shape index (κ3) is 8.68. The van der Waals surface area contributed by atoms with E-state index in [0.717, 1.165) is 26.8 Å². The molecule has 224 valence electrons. The number of aromatic nitrogens is 2. The molecule has 0 aliphatic carbocycles. The van der Waals surface area contributed by atoms with Crippen LogP contribution in [0.25, 0.3) is 22.0 Å². The van der Waals surface area contributed by atoms with Crippen molar-refractivity contribution in [1.82, 2.24) is 15.1 Å². The summed E-state index contributed by atoms with van der Waals surface area (Å²) in [5.41, 5.74) is 1.35. The molecule has 0 N–H and O–H groups in total. The number of carbonyl (C=O) groups excluding carboxylic acids is 3. The second-order valence-electron chi connectivity index (χ2n) is 12.4. The molecule has 9 heteroatoms. The lowest BCUT2D eigenvalue weighted by Gasteiger charge is -2.27. The van der Waals surface area contributed by atoms with Crippen LogP contribution in [0.1, 0.15) is 57.5 Å². The van der Waals surface area contributed by atoms with E-state index in [0.29, 0.717) is 17.8 Å². The molecule has 0 unspecified atom stereocenters. The largest absolute Gasteiger partial charge is 0.443 e. The third-order valence-electron chi connectivity index (χ3n) is 6.19. The lowest BCUT2D eigenvalue weighted by atomic mass is 10.0. The van der Waals surface area contributed by atoms with Crippen LogP contribution >= 0.6 is 0 Å². The van der Waals surface area contributed by atoms with Crippen molar-refractivity contribution in [3.8, 4) is 11.3 Å². The van der Waals surface area contributed by atoms with Gasteiger partial charge in [-0.25, -0.2) is 9.59 Å². The number of ether oxygens (including phenoxy) is 2. The number of Topliss-reactive ketones (excluding diaryl/α,β-unsaturated/α-hetero) is 1. The molecule has 43 heavy (non-hydrogen) atoms. The SMILES string of the molecule is CN(CC(=O)c1ccc2ccccc2c1)Cc1cccc(-c2ccc(N(C(=O)OC(C)(C)C)C(=O)OC(C)(C)C)nn2)c1. The molecule has 0 saturated heterocycles. The van der Waals surface area contributed by atoms with Gasteiger partial charge in [0, 0.05) is 17.7 Å². The van der Waals surface area contributed by atoms with Crippen LogP contribution in [-0.4, -0.2) is 57.9 Å². The lowest BCUT2D eigenvalue weighted by molar-refractivity contribution is 0.0428. The second-order valence-corrected chi connectivity index (χ2v) is 12.4. The highest BCUT2D eigenvalue weighted by Crippen LogP contribution is 2.24. The van der Waals surface area contributed by atoms with Crippen LogP contribution in [-0.2, 0) is 16.0 Å². The van der Waals surface area contributed by atoms with Crippen LogP contribution in [0.15, 0.2) is 78.9 Å². The first-order chi connectivity index (χ1) is 20.2. The maximum absolute atomic E-state index is 13.0. The number of hydrogen-bond acceptors (Lipinski definition) is 8. The number of anilines is 1. The van der Waals surface area contributed by atoms with Crippen LogP contribution < -0.4 is 4.90 Å². The molecule has 3 aromatic carbocycles. The molecule has 0 spiro atoms. The zero-order valence-corrected chi connectivity index (χ0v) is 25.7. The van der Waals surface area contributed by atoms with Gasteiger partial charge in [0.1, 0.15) is 11.2 Å². The Morgan fingerprint density at radius 2 is 1.37 bits per heavy atom. The maximum atomic E-state index is 13.0. The molecule has 0 saturated carbocycles. The van der Waals surface area contributed by atoms with Crippen LogP contribution in [0, 0.1) is 0 Å². The van der Waals surface area contributed by atoms with Gasteiger partial charge in [-0.15, -0.1) is 10.2 Å². The number of likely N-dealkylation sites (N-methyl/N-ethyl adjacent to an activating group) is 1. The first-order valence-electron chi connectivity index (χ1n) is 14.1. The van der Waals surface area contributed by atoms with E-state index in [9.17, 15) is 14.4 Å². The summed E-state index contributed by atoms with van der Waals surface area (Å²) in [4.78, 5) is 41.5. The fourth-order valence-corrected chi connectivity index (χ4v) is 4.37. The molecule has 4 aromatic rings. The Morgan fingerprint density at radius 1 is 0.721 bits per heavy atom. The van der Waals surface area contributed by atoms with Gasteiger partial charge in [0.05, 0.1) is 12.2 Å². The Morgan fingerprint density at radius 3 is 1.98 bits per heavy atom. The first kappa shape index (κ1) is 31.3. The minimum Gasteiger partial charge on any atom is -0.443 e. The van der Waals surface area contributed by atoms with E-state index in [4.69, 9.17) is 9.47 Å². The summed E-state index contributed by atoms with van der Waals surface area (Å²) >= 11 is 0. The highest BCUT2D eigenvalue weighted by Gasteiger charge is 2.33. The zero-order valence-electron chi connectivity index (χ0n) is 25.7. The lowest BCUT2D eigenvalue weighted by Crippen LogP contribution is -2.44. The molecular formula is C34H38N4O5. The number of rotatable bonds is 7. The van der Waals surface area contributed by atoms with Crippen molar-refractivity contribution in [1.29, 1.82) is 0 Å². The second kappa shape index (κ2) is 12.7. The van der Waals surface area contributed by atoms with Crippen molar-refractivity contribution in [2.24, 2.45) is 0 Å². The molecular weight excluding hydrogens is 544 g/mol. The maximum Gasteiger partial charge on any atom is 0.425 e. The zero-order chi connectivity index (χ0) is 31.4. The van der Waals surface area contributed by atoms with Crippen molar-refractivity contribution in [3.63, 3.8) is 0 Å². The Kier molecular flexibility index (Phi) is 9.25. The van der Waals surface area contributed by atoms with Gasteiger partial charge in [0.15, 0.2) is 11.6 Å². The normalized spacial score (nSPS) is 11.8. The van der Waals surface area contributed by atoms with E-state index in [1.54, 1.807) is 47.6 Å². The van der Waals surface area contributed by atoms with E-state index in [1.165, 1.54) is 6.07 Å². The quantitative estimate of drug-likeness (QED) is 0.209. The number of imide groups is 1. The Hall–Kier alpha value is -4.63. The van der Waals surface area contributed by atoms with E-state index in [-0.39, 0.29) is 18.1 Å². The van der Waals surface area contributed by atoms with Gasteiger partial charge in [0.25, 0.3) is 0 Å². The molecule has 0 aliphatic rings. The smallest absolute Gasteiger partial charge is 0.425 e. The van der Waals surface area contributed by atoms with Gasteiger partial charge in [-0.3, -0.25) is 9.69 Å². The molecule has 2 amide bonds. The fraction of sp³-hybridized carbons (Fsp3) is 0.324. The summed E-state index contributed by atoms with van der Waals surface area (Å²) in [6.07, 6.45) is -1.82. The van der Waals surface area contributed by atoms with E-state index >= 15 is 0 Å². The molecule has 4 rings (SSSR count). The predicted octanol–water partition coefficient (Wildman–Crippen LogP) is 7.29. The number of hydrogen-bond donors (Lipinski definition) is 0. The Balaban J connectivity index is 1.47. The number of benzene rings is 3. The molecule has 0 radical (unpaired) electrons. The number of carbonyl (C=O) groups is 3. The summed E-state index contributed by atoms with van der Waals surface area (Å²) in [5.74, 6) is 0.0285. The standard InChI is InChI=1S/C34H38N4O5/c1-33(2,3)42-31(40)38(32(41)43-34(4,5)6)30-18-17-28(35-36-30)26-14-10-11-23(19-26)21-37(7)22-29(39)27-16-15-24-12-8-9-13-25(24)20-27/h8-20H,21-22H2,1-7H3. The number of nitrogens with zero attached hydrogens (tertiary/aromatic N) is 4. The molecule has 0 aliphatic heterocycles. The van der Waals surface area contributed by atoms with E-state index < -0.39 is 23.4 Å². The van der Waals surface area contributed by atoms with Gasteiger partial charge in [-0.05, 0) is 89.2 Å². The topological polar surface area (TPSA) is 102 Å². The van der Waals surface area contributed by atoms with Gasteiger partial charge in [-0.1, -0.05) is 54.6 Å². The minimum atomic E-state index is -0.910. The summed E-state index contributed by atoms with van der Waals surface area (Å²) in [6, 6.07) is 24.7. The molecule has 1 heterocycles. The van der Waals surface area contributed by atoms with Gasteiger partial charge < -0.3 is 9.47 Å². The van der Waals surface area contributed by atoms with Crippen molar-refractivity contribution < 1.29 is 23.9 Å². The number of fused-ring (bicyclic) bond motifs is 1. The minimum absolute atomic E-state index is 0.0182. The molecule has 1 aromatic heterocycles. The highest BCUT2D eigenvalue weighted by atomic mass is 16.6. The fourth-order valence-electron chi connectivity index (χ4n) is 4.37. The summed E-state index contributed by atoms with van der Waals surface area (Å²) < 4.78 is 10.8. The Bertz CT molecular complexity index is 1590. The number of ketones is 1. The summed E-state index contributed by atoms with van der Waals surface area (Å²) in [5, 5.41) is 10.6. The molecule has 0 bridgehead atoms. The monoisotopic (exact) mass is 582 g/mol.